The van der Waals surface area contributed by atoms with Crippen molar-refractivity contribution in [1.82, 2.24) is 9.59 Å². The number of hydrogen-bond donors (Lipinski definition) is 1. The van der Waals surface area contributed by atoms with Crippen LogP contribution in [0.2, 0.25) is 0 Å². The number of nitrogens with zero attached hydrogens (tertiary/aromatic N) is 3. The van der Waals surface area contributed by atoms with Crippen molar-refractivity contribution >= 4 is 28.8 Å². The minimum atomic E-state index is -0.113. The van der Waals surface area contributed by atoms with Crippen LogP contribution in [0.25, 0.3) is 11.3 Å². The Hall–Kier alpha value is -2.73. The van der Waals surface area contributed by atoms with Crippen LogP contribution in [0.3, 0.4) is 0 Å². The maximum atomic E-state index is 12.5. The molecular weight excluding hydrogens is 344 g/mol. The maximum Gasteiger partial charge on any atom is 0.255 e. The zero-order valence-corrected chi connectivity index (χ0v) is 15.8. The lowest BCUT2D eigenvalue weighted by molar-refractivity contribution is 0.102. The van der Waals surface area contributed by atoms with Gasteiger partial charge in [-0.2, -0.15) is 0 Å². The summed E-state index contributed by atoms with van der Waals surface area (Å²) in [5, 5.41) is 8.87. The van der Waals surface area contributed by atoms with Gasteiger partial charge in [0.1, 0.15) is 5.69 Å². The molecule has 6 heteroatoms. The van der Waals surface area contributed by atoms with Crippen LogP contribution in [0.4, 0.5) is 11.4 Å². The first-order valence-corrected chi connectivity index (χ1v) is 9.58. The van der Waals surface area contributed by atoms with Crippen LogP contribution < -0.4 is 10.2 Å². The molecule has 0 aliphatic heterocycles. The number of rotatable bonds is 7. The highest BCUT2D eigenvalue weighted by Crippen LogP contribution is 2.21. The van der Waals surface area contributed by atoms with Crippen molar-refractivity contribution < 1.29 is 4.79 Å². The topological polar surface area (TPSA) is 58.1 Å². The summed E-state index contributed by atoms with van der Waals surface area (Å²) in [5.74, 6) is -0.113. The average Bonchev–Trinajstić information content (AvgIpc) is 3.21. The van der Waals surface area contributed by atoms with E-state index in [-0.39, 0.29) is 5.91 Å². The number of anilines is 2. The quantitative estimate of drug-likeness (QED) is 0.659. The van der Waals surface area contributed by atoms with Crippen molar-refractivity contribution in [2.24, 2.45) is 0 Å². The van der Waals surface area contributed by atoms with E-state index in [1.54, 1.807) is 0 Å². The summed E-state index contributed by atoms with van der Waals surface area (Å²) < 4.78 is 3.86. The maximum absolute atomic E-state index is 12.5. The molecule has 2 aromatic carbocycles. The molecule has 0 unspecified atom stereocenters. The van der Waals surface area contributed by atoms with Gasteiger partial charge >= 0.3 is 0 Å². The summed E-state index contributed by atoms with van der Waals surface area (Å²) in [6.45, 7) is 6.28. The Morgan fingerprint density at radius 3 is 2.38 bits per heavy atom. The van der Waals surface area contributed by atoms with E-state index in [0.29, 0.717) is 5.56 Å². The molecule has 0 aliphatic carbocycles. The Balaban J connectivity index is 1.66. The van der Waals surface area contributed by atoms with Gasteiger partial charge < -0.3 is 10.2 Å². The van der Waals surface area contributed by atoms with Crippen molar-refractivity contribution in [3.63, 3.8) is 0 Å². The molecule has 3 aromatic rings. The molecule has 1 amide bonds. The predicted molar refractivity (Wildman–Crippen MR) is 108 cm³/mol. The lowest BCUT2D eigenvalue weighted by Gasteiger charge is -2.22. The molecular formula is C20H22N4OS. The number of nitrogens with one attached hydrogen (secondary N) is 1. The second kappa shape index (κ2) is 8.58. The minimum Gasteiger partial charge on any atom is -0.372 e. The summed E-state index contributed by atoms with van der Waals surface area (Å²) in [4.78, 5) is 14.8. The summed E-state index contributed by atoms with van der Waals surface area (Å²) in [7, 11) is 0. The molecule has 1 N–H and O–H groups in total. The van der Waals surface area contributed by atoms with Crippen molar-refractivity contribution in [3.05, 3.63) is 59.5 Å². The smallest absolute Gasteiger partial charge is 0.255 e. The minimum absolute atomic E-state index is 0.113. The van der Waals surface area contributed by atoms with Gasteiger partial charge in [0.2, 0.25) is 0 Å². The molecule has 0 radical (unpaired) electrons. The van der Waals surface area contributed by atoms with E-state index in [1.807, 2.05) is 53.9 Å². The standard InChI is InChI=1S/C20H22N4OS/c1-3-13-24(4-2)18-11-7-16(8-12-18)20(25)21-17-9-5-15(6-10-17)19-14-26-23-22-19/h5-12,14H,3-4,13H2,1-2H3,(H,21,25). The SMILES string of the molecule is CCCN(CC)c1ccc(C(=O)Nc2ccc(-c3csnn3)cc2)cc1. The molecule has 0 fully saturated rings. The fourth-order valence-electron chi connectivity index (χ4n) is 2.78. The van der Waals surface area contributed by atoms with E-state index in [1.165, 1.54) is 11.5 Å². The highest BCUT2D eigenvalue weighted by atomic mass is 32.1. The fourth-order valence-corrected chi connectivity index (χ4v) is 3.25. The fraction of sp³-hybridized carbons (Fsp3) is 0.250. The van der Waals surface area contributed by atoms with E-state index in [0.717, 1.165) is 42.1 Å². The summed E-state index contributed by atoms with van der Waals surface area (Å²) in [6.07, 6.45) is 1.10. The molecule has 0 bridgehead atoms. The van der Waals surface area contributed by atoms with Gasteiger partial charge in [-0.15, -0.1) is 5.10 Å². The highest BCUT2D eigenvalue weighted by Gasteiger charge is 2.09. The molecule has 134 valence electrons. The molecule has 1 heterocycles. The Kier molecular flexibility index (Phi) is 5.96. The van der Waals surface area contributed by atoms with Gasteiger partial charge in [0.15, 0.2) is 0 Å². The first kappa shape index (κ1) is 18.1. The van der Waals surface area contributed by atoms with Crippen LogP contribution in [0.1, 0.15) is 30.6 Å². The number of aromatic nitrogens is 2. The number of carbonyl (C=O) groups is 1. The van der Waals surface area contributed by atoms with E-state index in [4.69, 9.17) is 0 Å². The van der Waals surface area contributed by atoms with E-state index in [2.05, 4.69) is 33.7 Å². The first-order chi connectivity index (χ1) is 12.7. The van der Waals surface area contributed by atoms with Crippen molar-refractivity contribution in [2.75, 3.05) is 23.3 Å². The third kappa shape index (κ3) is 4.26. The number of amides is 1. The Morgan fingerprint density at radius 1 is 1.08 bits per heavy atom. The van der Waals surface area contributed by atoms with Crippen molar-refractivity contribution in [3.8, 4) is 11.3 Å². The zero-order valence-electron chi connectivity index (χ0n) is 15.0. The summed E-state index contributed by atoms with van der Waals surface area (Å²) in [6, 6.07) is 15.4. The van der Waals surface area contributed by atoms with Gasteiger partial charge in [-0.25, -0.2) is 0 Å². The molecule has 5 nitrogen and oxygen atoms in total. The Morgan fingerprint density at radius 2 is 1.81 bits per heavy atom. The summed E-state index contributed by atoms with van der Waals surface area (Å²) in [5.41, 5.74) is 4.38. The van der Waals surface area contributed by atoms with Crippen molar-refractivity contribution in [2.45, 2.75) is 20.3 Å². The number of hydrogen-bond acceptors (Lipinski definition) is 5. The van der Waals surface area contributed by atoms with Crippen LogP contribution in [0.5, 0.6) is 0 Å². The molecule has 0 atom stereocenters. The van der Waals surface area contributed by atoms with Gasteiger partial charge in [-0.05, 0) is 61.3 Å². The molecule has 1 aromatic heterocycles. The zero-order chi connectivity index (χ0) is 18.4. The number of carbonyl (C=O) groups excluding carboxylic acids is 1. The molecule has 0 saturated heterocycles. The van der Waals surface area contributed by atoms with Gasteiger partial charge in [0.25, 0.3) is 5.91 Å². The average molecular weight is 366 g/mol. The van der Waals surface area contributed by atoms with Gasteiger partial charge in [-0.1, -0.05) is 23.5 Å². The van der Waals surface area contributed by atoms with E-state index >= 15 is 0 Å². The van der Waals surface area contributed by atoms with Crippen LogP contribution in [-0.2, 0) is 0 Å². The molecule has 0 spiro atoms. The summed E-state index contributed by atoms with van der Waals surface area (Å²) >= 11 is 1.32. The van der Waals surface area contributed by atoms with Gasteiger partial charge in [0, 0.05) is 41.0 Å². The van der Waals surface area contributed by atoms with E-state index < -0.39 is 0 Å². The van der Waals surface area contributed by atoms with Crippen LogP contribution in [0, 0.1) is 0 Å². The van der Waals surface area contributed by atoms with E-state index in [9.17, 15) is 4.79 Å². The second-order valence-electron chi connectivity index (χ2n) is 5.95. The van der Waals surface area contributed by atoms with Gasteiger partial charge in [0.05, 0.1) is 0 Å². The first-order valence-electron chi connectivity index (χ1n) is 8.75. The highest BCUT2D eigenvalue weighted by molar-refractivity contribution is 7.03. The molecule has 0 saturated carbocycles. The molecule has 0 aliphatic rings. The monoisotopic (exact) mass is 366 g/mol. The lowest BCUT2D eigenvalue weighted by atomic mass is 10.1. The predicted octanol–water partition coefficient (Wildman–Crippen LogP) is 4.69. The Bertz CT molecular complexity index is 829. The lowest BCUT2D eigenvalue weighted by Crippen LogP contribution is -2.23. The normalized spacial score (nSPS) is 10.5. The molecule has 26 heavy (non-hydrogen) atoms. The van der Waals surface area contributed by atoms with Crippen LogP contribution in [0.15, 0.2) is 53.9 Å². The Labute approximate surface area is 157 Å². The third-order valence-corrected chi connectivity index (χ3v) is 4.67. The van der Waals surface area contributed by atoms with Crippen molar-refractivity contribution in [1.29, 1.82) is 0 Å². The van der Waals surface area contributed by atoms with Gasteiger partial charge in [-0.3, -0.25) is 4.79 Å². The largest absolute Gasteiger partial charge is 0.372 e. The second-order valence-corrected chi connectivity index (χ2v) is 6.56. The molecule has 3 rings (SSSR count). The third-order valence-electron chi connectivity index (χ3n) is 4.17. The number of benzene rings is 2. The van der Waals surface area contributed by atoms with Crippen LogP contribution in [-0.4, -0.2) is 28.6 Å². The van der Waals surface area contributed by atoms with Crippen LogP contribution >= 0.6 is 11.5 Å².